The van der Waals surface area contributed by atoms with Gasteiger partial charge in [-0.2, -0.15) is 0 Å². The van der Waals surface area contributed by atoms with Crippen LogP contribution in [0.25, 0.3) is 11.3 Å². The van der Waals surface area contributed by atoms with Gasteiger partial charge in [0.2, 0.25) is 0 Å². The molecule has 0 atom stereocenters. The second kappa shape index (κ2) is 2.49. The van der Waals surface area contributed by atoms with E-state index in [0.717, 1.165) is 5.76 Å². The van der Waals surface area contributed by atoms with Gasteiger partial charge in [0.1, 0.15) is 0 Å². The minimum absolute atomic E-state index is 0.558. The van der Waals surface area contributed by atoms with Crippen LogP contribution in [0.2, 0.25) is 0 Å². The van der Waals surface area contributed by atoms with Crippen molar-refractivity contribution in [1.29, 1.82) is 0 Å². The van der Waals surface area contributed by atoms with E-state index in [9.17, 15) is 0 Å². The topological polar surface area (TPSA) is 13.1 Å². The van der Waals surface area contributed by atoms with Gasteiger partial charge in [-0.15, -0.1) is 0 Å². The molecule has 2 heterocycles. The normalized spacial score (nSPS) is 10.0. The second-order valence-electron chi connectivity index (χ2n) is 1.99. The van der Waals surface area contributed by atoms with Gasteiger partial charge in [0.15, 0.2) is 0 Å². The molecule has 0 fully saturated rings. The van der Waals surface area contributed by atoms with E-state index >= 15 is 0 Å². The third-order valence-corrected chi connectivity index (χ3v) is 2.76. The van der Waals surface area contributed by atoms with Crippen molar-refractivity contribution < 1.29 is 4.42 Å². The van der Waals surface area contributed by atoms with Gasteiger partial charge < -0.3 is 0 Å². The molecule has 2 aromatic heterocycles. The second-order valence-corrected chi connectivity index (χ2v) is 3.63. The summed E-state index contributed by atoms with van der Waals surface area (Å²) in [6, 6.07) is 6.01. The molecule has 2 aromatic rings. The van der Waals surface area contributed by atoms with Gasteiger partial charge in [0, 0.05) is 0 Å². The fourth-order valence-corrected chi connectivity index (χ4v) is 2.20. The Morgan fingerprint density at radius 2 is 2.30 bits per heavy atom. The first kappa shape index (κ1) is 6.02. The van der Waals surface area contributed by atoms with Gasteiger partial charge in [0.05, 0.1) is 0 Å². The first-order valence-electron chi connectivity index (χ1n) is 3.03. The molecule has 50 valence electrons. The SMILES string of the molecule is c1coc(-c2cc[se]c2)c1. The van der Waals surface area contributed by atoms with E-state index in [2.05, 4.69) is 15.9 Å². The number of rotatable bonds is 1. The molecule has 0 aliphatic heterocycles. The van der Waals surface area contributed by atoms with Gasteiger partial charge in [-0.05, 0) is 0 Å². The quantitative estimate of drug-likeness (QED) is 0.637. The standard InChI is InChI=1S/C8H6OSe/c1-2-8(9-4-1)7-3-5-10-6-7/h1-6H. The first-order valence-corrected chi connectivity index (χ1v) is 5.01. The Balaban J connectivity index is 2.48. The molecule has 2 rings (SSSR count). The van der Waals surface area contributed by atoms with Crippen LogP contribution < -0.4 is 0 Å². The van der Waals surface area contributed by atoms with E-state index in [4.69, 9.17) is 4.42 Å². The molecule has 0 radical (unpaired) electrons. The summed E-state index contributed by atoms with van der Waals surface area (Å²) in [4.78, 5) is 4.40. The van der Waals surface area contributed by atoms with E-state index in [0.29, 0.717) is 14.5 Å². The maximum atomic E-state index is 5.21. The van der Waals surface area contributed by atoms with Gasteiger partial charge in [-0.3, -0.25) is 0 Å². The van der Waals surface area contributed by atoms with Gasteiger partial charge in [-0.1, -0.05) is 0 Å². The molecule has 0 aromatic carbocycles. The molecule has 0 aliphatic rings. The van der Waals surface area contributed by atoms with Crippen molar-refractivity contribution in [3.8, 4) is 11.3 Å². The Kier molecular flexibility index (Phi) is 1.50. The van der Waals surface area contributed by atoms with Crippen molar-refractivity contribution >= 4 is 14.5 Å². The summed E-state index contributed by atoms with van der Waals surface area (Å²) in [6.07, 6.45) is 1.70. The molecule has 0 bridgehead atoms. The summed E-state index contributed by atoms with van der Waals surface area (Å²) >= 11 is 0.558. The molecule has 0 N–H and O–H groups in total. The van der Waals surface area contributed by atoms with E-state index in [1.165, 1.54) is 5.56 Å². The van der Waals surface area contributed by atoms with Gasteiger partial charge in [0.25, 0.3) is 0 Å². The summed E-state index contributed by atoms with van der Waals surface area (Å²) < 4.78 is 5.21. The zero-order valence-electron chi connectivity index (χ0n) is 5.28. The Morgan fingerprint density at radius 3 is 2.90 bits per heavy atom. The maximum absolute atomic E-state index is 5.21. The van der Waals surface area contributed by atoms with E-state index < -0.39 is 0 Å². The molecule has 0 amide bonds. The molecule has 0 saturated carbocycles. The molecule has 10 heavy (non-hydrogen) atoms. The van der Waals surface area contributed by atoms with Crippen molar-refractivity contribution in [2.75, 3.05) is 0 Å². The Hall–Kier alpha value is -0.721. The van der Waals surface area contributed by atoms with Crippen molar-refractivity contribution in [2.45, 2.75) is 0 Å². The van der Waals surface area contributed by atoms with Crippen molar-refractivity contribution in [3.05, 3.63) is 34.3 Å². The molecule has 0 saturated heterocycles. The van der Waals surface area contributed by atoms with Crippen LogP contribution in [0.5, 0.6) is 0 Å². The minimum atomic E-state index is 0.558. The Bertz CT molecular complexity index is 249. The van der Waals surface area contributed by atoms with Crippen LogP contribution in [0.3, 0.4) is 0 Å². The van der Waals surface area contributed by atoms with Gasteiger partial charge >= 0.3 is 64.6 Å². The first-order chi connectivity index (χ1) is 4.97. The number of furan rings is 1. The fourth-order valence-electron chi connectivity index (χ4n) is 0.847. The van der Waals surface area contributed by atoms with Crippen molar-refractivity contribution in [3.63, 3.8) is 0 Å². The summed E-state index contributed by atoms with van der Waals surface area (Å²) in [7, 11) is 0. The monoisotopic (exact) mass is 198 g/mol. The zero-order valence-corrected chi connectivity index (χ0v) is 6.99. The summed E-state index contributed by atoms with van der Waals surface area (Å²) in [5.74, 6) is 0.982. The van der Waals surface area contributed by atoms with Crippen LogP contribution >= 0.6 is 0 Å². The Labute approximate surface area is 65.0 Å². The summed E-state index contributed by atoms with van der Waals surface area (Å²) in [6.45, 7) is 0. The van der Waals surface area contributed by atoms with Gasteiger partial charge in [-0.25, -0.2) is 0 Å². The number of hydrogen-bond donors (Lipinski definition) is 0. The van der Waals surface area contributed by atoms with Crippen molar-refractivity contribution in [2.24, 2.45) is 0 Å². The molecular weight excluding hydrogens is 191 g/mol. The van der Waals surface area contributed by atoms with E-state index in [-0.39, 0.29) is 0 Å². The van der Waals surface area contributed by atoms with Crippen molar-refractivity contribution in [1.82, 2.24) is 0 Å². The third-order valence-electron chi connectivity index (χ3n) is 1.33. The molecule has 0 aliphatic carbocycles. The third kappa shape index (κ3) is 0.961. The summed E-state index contributed by atoms with van der Waals surface area (Å²) in [5.41, 5.74) is 1.23. The molecule has 0 spiro atoms. The molecule has 0 unspecified atom stereocenters. The zero-order chi connectivity index (χ0) is 6.81. The average molecular weight is 197 g/mol. The van der Waals surface area contributed by atoms with Crippen LogP contribution in [0.15, 0.2) is 38.8 Å². The fraction of sp³-hybridized carbons (Fsp3) is 0. The average Bonchev–Trinajstić information content (AvgIpc) is 2.59. The number of hydrogen-bond acceptors (Lipinski definition) is 1. The van der Waals surface area contributed by atoms with Crippen LogP contribution in [0.1, 0.15) is 0 Å². The van der Waals surface area contributed by atoms with E-state index in [1.807, 2.05) is 12.1 Å². The van der Waals surface area contributed by atoms with Crippen LogP contribution in [0, 0.1) is 0 Å². The summed E-state index contributed by atoms with van der Waals surface area (Å²) in [5, 5.41) is 0. The molecule has 1 nitrogen and oxygen atoms in total. The van der Waals surface area contributed by atoms with E-state index in [1.54, 1.807) is 6.26 Å². The molecular formula is C8H6OSe. The van der Waals surface area contributed by atoms with Crippen LogP contribution in [0.4, 0.5) is 0 Å². The predicted octanol–water partition coefficient (Wildman–Crippen LogP) is 2.00. The van der Waals surface area contributed by atoms with Crippen LogP contribution in [-0.4, -0.2) is 14.5 Å². The predicted molar refractivity (Wildman–Crippen MR) is 41.1 cm³/mol. The Morgan fingerprint density at radius 1 is 1.30 bits per heavy atom. The molecule has 2 heteroatoms. The van der Waals surface area contributed by atoms with Crippen LogP contribution in [-0.2, 0) is 0 Å².